The first-order chi connectivity index (χ1) is 12.4. The summed E-state index contributed by atoms with van der Waals surface area (Å²) >= 11 is 6.51. The van der Waals surface area contributed by atoms with Crippen molar-refractivity contribution < 1.29 is 9.26 Å². The Kier molecular flexibility index (Phi) is 5.34. The highest BCUT2D eigenvalue weighted by Gasteiger charge is 2.22. The van der Waals surface area contributed by atoms with E-state index >= 15 is 0 Å². The smallest absolute Gasteiger partial charge is 0.134 e. The van der Waals surface area contributed by atoms with Crippen LogP contribution in [0.5, 0.6) is 5.75 Å². The van der Waals surface area contributed by atoms with E-state index < -0.39 is 0 Å². The zero-order chi connectivity index (χ0) is 18.8. The minimum absolute atomic E-state index is 0.174. The molecule has 0 N–H and O–H groups in total. The Morgan fingerprint density at radius 1 is 1.35 bits per heavy atom. The van der Waals surface area contributed by atoms with Crippen LogP contribution >= 0.6 is 11.6 Å². The number of hydrogen-bond acceptors (Lipinski definition) is 5. The van der Waals surface area contributed by atoms with Crippen LogP contribution in [-0.2, 0) is 13.6 Å². The number of aryl methyl sites for hydroxylation is 2. The van der Waals surface area contributed by atoms with E-state index in [1.54, 1.807) is 11.8 Å². The highest BCUT2D eigenvalue weighted by atomic mass is 35.5. The molecule has 0 aliphatic heterocycles. The molecule has 0 amide bonds. The van der Waals surface area contributed by atoms with Crippen LogP contribution in [0.3, 0.4) is 0 Å². The molecule has 138 valence electrons. The third kappa shape index (κ3) is 3.61. The summed E-state index contributed by atoms with van der Waals surface area (Å²) in [5.74, 6) is 1.59. The van der Waals surface area contributed by atoms with Gasteiger partial charge in [-0.25, -0.2) is 0 Å². The van der Waals surface area contributed by atoms with Crippen LogP contribution in [0.15, 0.2) is 34.9 Å². The Labute approximate surface area is 158 Å². The molecule has 0 spiro atoms. The molecule has 1 atom stereocenters. The van der Waals surface area contributed by atoms with Crippen molar-refractivity contribution in [2.45, 2.75) is 26.4 Å². The van der Waals surface area contributed by atoms with Crippen molar-refractivity contribution in [2.75, 3.05) is 14.2 Å². The summed E-state index contributed by atoms with van der Waals surface area (Å²) in [5, 5.41) is 9.21. The molecule has 3 rings (SSSR count). The number of ether oxygens (including phenoxy) is 1. The highest BCUT2D eigenvalue weighted by molar-refractivity contribution is 6.30. The van der Waals surface area contributed by atoms with Gasteiger partial charge in [-0.3, -0.25) is 9.58 Å². The fraction of sp³-hybridized carbons (Fsp3) is 0.368. The zero-order valence-electron chi connectivity index (χ0n) is 15.7. The predicted octanol–water partition coefficient (Wildman–Crippen LogP) is 4.24. The number of hydrogen-bond donors (Lipinski definition) is 0. The van der Waals surface area contributed by atoms with Crippen molar-refractivity contribution in [3.63, 3.8) is 0 Å². The zero-order valence-corrected chi connectivity index (χ0v) is 16.4. The topological polar surface area (TPSA) is 56.3 Å². The van der Waals surface area contributed by atoms with E-state index in [0.717, 1.165) is 22.8 Å². The third-order valence-electron chi connectivity index (χ3n) is 4.58. The molecule has 1 aromatic carbocycles. The molecular formula is C19H23ClN4O2. The van der Waals surface area contributed by atoms with Crippen LogP contribution < -0.4 is 4.74 Å². The van der Waals surface area contributed by atoms with Gasteiger partial charge in [0.05, 0.1) is 7.11 Å². The molecule has 7 heteroatoms. The van der Waals surface area contributed by atoms with E-state index in [-0.39, 0.29) is 6.04 Å². The van der Waals surface area contributed by atoms with Gasteiger partial charge in [-0.05, 0) is 38.6 Å². The maximum Gasteiger partial charge on any atom is 0.134 e. The van der Waals surface area contributed by atoms with Crippen LogP contribution in [0.1, 0.15) is 29.9 Å². The number of aromatic nitrogens is 3. The van der Waals surface area contributed by atoms with Gasteiger partial charge in [-0.2, -0.15) is 5.10 Å². The maximum atomic E-state index is 6.51. The minimum Gasteiger partial charge on any atom is -0.497 e. The number of rotatable bonds is 6. The van der Waals surface area contributed by atoms with Crippen molar-refractivity contribution in [2.24, 2.45) is 7.05 Å². The number of benzene rings is 1. The Morgan fingerprint density at radius 2 is 2.12 bits per heavy atom. The van der Waals surface area contributed by atoms with Gasteiger partial charge in [-0.1, -0.05) is 28.9 Å². The fourth-order valence-corrected chi connectivity index (χ4v) is 3.10. The van der Waals surface area contributed by atoms with Crippen LogP contribution in [0, 0.1) is 6.92 Å². The molecule has 0 saturated heterocycles. The molecule has 6 nitrogen and oxygen atoms in total. The molecule has 3 aromatic rings. The lowest BCUT2D eigenvalue weighted by atomic mass is 10.1. The highest BCUT2D eigenvalue weighted by Crippen LogP contribution is 2.31. The second kappa shape index (κ2) is 7.51. The first kappa shape index (κ1) is 18.5. The normalized spacial score (nSPS) is 12.6. The minimum atomic E-state index is 0.174. The van der Waals surface area contributed by atoms with Crippen molar-refractivity contribution in [3.05, 3.63) is 52.4 Å². The Balaban J connectivity index is 1.88. The lowest BCUT2D eigenvalue weighted by molar-refractivity contribution is 0.253. The maximum absolute atomic E-state index is 6.51. The van der Waals surface area contributed by atoms with Gasteiger partial charge >= 0.3 is 0 Å². The van der Waals surface area contributed by atoms with Gasteiger partial charge in [0, 0.05) is 31.3 Å². The summed E-state index contributed by atoms with van der Waals surface area (Å²) in [6, 6.07) is 10.1. The molecule has 0 saturated carbocycles. The van der Waals surface area contributed by atoms with E-state index in [1.807, 2.05) is 38.2 Å². The van der Waals surface area contributed by atoms with Crippen LogP contribution in [-0.4, -0.2) is 34.0 Å². The van der Waals surface area contributed by atoms with E-state index in [1.165, 1.54) is 5.56 Å². The van der Waals surface area contributed by atoms with Crippen LogP contribution in [0.25, 0.3) is 11.4 Å². The first-order valence-corrected chi connectivity index (χ1v) is 8.77. The lowest BCUT2D eigenvalue weighted by Gasteiger charge is -2.25. The lowest BCUT2D eigenvalue weighted by Crippen LogP contribution is -2.22. The van der Waals surface area contributed by atoms with Crippen LogP contribution in [0.2, 0.25) is 5.15 Å². The molecule has 0 radical (unpaired) electrons. The van der Waals surface area contributed by atoms with Crippen LogP contribution in [0.4, 0.5) is 0 Å². The van der Waals surface area contributed by atoms with Gasteiger partial charge in [0.2, 0.25) is 0 Å². The summed E-state index contributed by atoms with van der Waals surface area (Å²) in [6.45, 7) is 4.64. The summed E-state index contributed by atoms with van der Waals surface area (Å²) in [4.78, 5) is 2.22. The van der Waals surface area contributed by atoms with Gasteiger partial charge in [0.1, 0.15) is 28.1 Å². The Bertz CT molecular complexity index is 903. The van der Waals surface area contributed by atoms with Gasteiger partial charge < -0.3 is 9.26 Å². The molecular weight excluding hydrogens is 352 g/mol. The monoisotopic (exact) mass is 374 g/mol. The molecule has 2 aromatic heterocycles. The van der Waals surface area contributed by atoms with Gasteiger partial charge in [-0.15, -0.1) is 0 Å². The SMILES string of the molecule is COc1cccc(C(C)N(C)Cc2c(-c3cc(C)on3)nn(C)c2Cl)c1. The second-order valence-electron chi connectivity index (χ2n) is 6.43. The molecule has 0 fully saturated rings. The van der Waals surface area contributed by atoms with E-state index in [9.17, 15) is 0 Å². The average Bonchev–Trinajstić information content (AvgIpc) is 3.19. The summed E-state index contributed by atoms with van der Waals surface area (Å²) in [6.07, 6.45) is 0. The number of halogens is 1. The average molecular weight is 375 g/mol. The second-order valence-corrected chi connectivity index (χ2v) is 6.79. The largest absolute Gasteiger partial charge is 0.497 e. The molecule has 0 bridgehead atoms. The Morgan fingerprint density at radius 3 is 2.77 bits per heavy atom. The summed E-state index contributed by atoms with van der Waals surface area (Å²) < 4.78 is 12.2. The molecule has 1 unspecified atom stereocenters. The van der Waals surface area contributed by atoms with E-state index in [2.05, 4.69) is 35.2 Å². The van der Waals surface area contributed by atoms with Gasteiger partial charge in [0.25, 0.3) is 0 Å². The van der Waals surface area contributed by atoms with Crippen molar-refractivity contribution in [1.29, 1.82) is 0 Å². The first-order valence-electron chi connectivity index (χ1n) is 8.40. The quantitative estimate of drug-likeness (QED) is 0.646. The van der Waals surface area contributed by atoms with Crippen molar-refractivity contribution in [1.82, 2.24) is 19.8 Å². The molecule has 0 aliphatic rings. The summed E-state index contributed by atoms with van der Waals surface area (Å²) in [7, 11) is 5.56. The molecule has 26 heavy (non-hydrogen) atoms. The third-order valence-corrected chi connectivity index (χ3v) is 5.06. The van der Waals surface area contributed by atoms with E-state index in [4.69, 9.17) is 20.9 Å². The number of methoxy groups -OCH3 is 1. The summed E-state index contributed by atoms with van der Waals surface area (Å²) in [5.41, 5.74) is 3.55. The van der Waals surface area contributed by atoms with Crippen molar-refractivity contribution in [3.8, 4) is 17.1 Å². The predicted molar refractivity (Wildman–Crippen MR) is 101 cm³/mol. The van der Waals surface area contributed by atoms with Crippen molar-refractivity contribution >= 4 is 11.6 Å². The Hall–Kier alpha value is -2.31. The molecule has 2 heterocycles. The number of nitrogens with zero attached hydrogens (tertiary/aromatic N) is 4. The fourth-order valence-electron chi connectivity index (χ4n) is 2.91. The molecule has 0 aliphatic carbocycles. The van der Waals surface area contributed by atoms with E-state index in [0.29, 0.717) is 17.4 Å². The standard InChI is InChI=1S/C19H23ClN4O2/c1-12-9-17(22-26-12)18-16(19(20)24(4)21-18)11-23(3)13(2)14-7-6-8-15(10-14)25-5/h6-10,13H,11H2,1-5H3. The van der Waals surface area contributed by atoms with Gasteiger partial charge in [0.15, 0.2) is 0 Å².